The minimum atomic E-state index is 0.258. The zero-order valence-electron chi connectivity index (χ0n) is 7.64. The van der Waals surface area contributed by atoms with E-state index in [2.05, 4.69) is 15.2 Å². The highest BCUT2D eigenvalue weighted by Crippen LogP contribution is 2.21. The standard InChI is InChI=1S/C9H7N5S/c10-14-8-7(12-13-9(14)15)5-3-1-2-4-6(5)11-8/h1-4,11H,10H2. The maximum atomic E-state index is 5.76. The summed E-state index contributed by atoms with van der Waals surface area (Å²) in [4.78, 5) is 3.16. The van der Waals surface area contributed by atoms with Crippen LogP contribution in [0.1, 0.15) is 0 Å². The van der Waals surface area contributed by atoms with Crippen LogP contribution < -0.4 is 5.84 Å². The molecule has 0 spiro atoms. The predicted octanol–water partition coefficient (Wildman–Crippen LogP) is 1.36. The number of nitrogen functional groups attached to an aromatic ring is 1. The van der Waals surface area contributed by atoms with Crippen LogP contribution in [-0.2, 0) is 0 Å². The van der Waals surface area contributed by atoms with Gasteiger partial charge in [0, 0.05) is 10.9 Å². The van der Waals surface area contributed by atoms with Crippen molar-refractivity contribution < 1.29 is 0 Å². The first-order valence-corrected chi connectivity index (χ1v) is 4.79. The van der Waals surface area contributed by atoms with Gasteiger partial charge in [-0.15, -0.1) is 10.2 Å². The van der Waals surface area contributed by atoms with Crippen molar-refractivity contribution in [2.75, 3.05) is 5.84 Å². The molecular weight excluding hydrogens is 210 g/mol. The molecule has 6 heteroatoms. The van der Waals surface area contributed by atoms with E-state index in [1.54, 1.807) is 0 Å². The Bertz CT molecular complexity index is 711. The fourth-order valence-electron chi connectivity index (χ4n) is 1.63. The molecule has 0 fully saturated rings. The Kier molecular flexibility index (Phi) is 1.54. The summed E-state index contributed by atoms with van der Waals surface area (Å²) >= 11 is 4.93. The van der Waals surface area contributed by atoms with E-state index >= 15 is 0 Å². The molecule has 0 radical (unpaired) electrons. The van der Waals surface area contributed by atoms with Gasteiger partial charge in [0.2, 0.25) is 4.77 Å². The van der Waals surface area contributed by atoms with E-state index in [0.29, 0.717) is 5.65 Å². The van der Waals surface area contributed by atoms with E-state index in [-0.39, 0.29) is 4.77 Å². The maximum Gasteiger partial charge on any atom is 0.240 e. The van der Waals surface area contributed by atoms with Crippen LogP contribution in [0.4, 0.5) is 0 Å². The summed E-state index contributed by atoms with van der Waals surface area (Å²) in [5.74, 6) is 5.76. The van der Waals surface area contributed by atoms with Crippen LogP contribution in [0.2, 0.25) is 0 Å². The first-order valence-electron chi connectivity index (χ1n) is 4.38. The van der Waals surface area contributed by atoms with Crippen molar-refractivity contribution in [1.82, 2.24) is 19.9 Å². The topological polar surface area (TPSA) is 72.5 Å². The number of aromatic amines is 1. The number of fused-ring (bicyclic) bond motifs is 3. The number of nitrogens with zero attached hydrogens (tertiary/aromatic N) is 3. The average molecular weight is 217 g/mol. The minimum absolute atomic E-state index is 0.258. The maximum absolute atomic E-state index is 5.76. The van der Waals surface area contributed by atoms with Crippen molar-refractivity contribution in [2.24, 2.45) is 0 Å². The molecule has 2 aromatic heterocycles. The number of hydrogen-bond acceptors (Lipinski definition) is 4. The highest BCUT2D eigenvalue weighted by Gasteiger charge is 2.07. The molecule has 0 saturated heterocycles. The van der Waals surface area contributed by atoms with Gasteiger partial charge >= 0.3 is 0 Å². The fourth-order valence-corrected chi connectivity index (χ4v) is 1.76. The number of nitrogens with two attached hydrogens (primary N) is 1. The molecule has 74 valence electrons. The van der Waals surface area contributed by atoms with Crippen LogP contribution >= 0.6 is 12.2 Å². The summed E-state index contributed by atoms with van der Waals surface area (Å²) in [6.45, 7) is 0. The summed E-state index contributed by atoms with van der Waals surface area (Å²) in [7, 11) is 0. The van der Waals surface area contributed by atoms with Gasteiger partial charge in [-0.1, -0.05) is 18.2 Å². The van der Waals surface area contributed by atoms with Crippen LogP contribution in [0.25, 0.3) is 22.1 Å². The van der Waals surface area contributed by atoms with Gasteiger partial charge in [0.15, 0.2) is 5.65 Å². The number of para-hydroxylation sites is 1. The molecule has 15 heavy (non-hydrogen) atoms. The van der Waals surface area contributed by atoms with Gasteiger partial charge < -0.3 is 10.8 Å². The molecule has 0 aliphatic heterocycles. The van der Waals surface area contributed by atoms with E-state index in [1.807, 2.05) is 24.3 Å². The zero-order chi connectivity index (χ0) is 10.4. The minimum Gasteiger partial charge on any atom is -0.338 e. The molecule has 0 unspecified atom stereocenters. The third-order valence-electron chi connectivity index (χ3n) is 2.34. The number of hydrogen-bond donors (Lipinski definition) is 2. The molecule has 5 nitrogen and oxygen atoms in total. The Morgan fingerprint density at radius 3 is 2.93 bits per heavy atom. The zero-order valence-corrected chi connectivity index (χ0v) is 8.45. The van der Waals surface area contributed by atoms with Crippen molar-refractivity contribution >= 4 is 34.3 Å². The first-order chi connectivity index (χ1) is 7.27. The second-order valence-electron chi connectivity index (χ2n) is 3.22. The van der Waals surface area contributed by atoms with Crippen molar-refractivity contribution in [3.8, 4) is 0 Å². The van der Waals surface area contributed by atoms with Crippen LogP contribution in [0, 0.1) is 4.77 Å². The molecule has 0 aliphatic rings. The average Bonchev–Trinajstić information content (AvgIpc) is 2.63. The van der Waals surface area contributed by atoms with Gasteiger partial charge in [-0.05, 0) is 18.3 Å². The first kappa shape index (κ1) is 8.37. The van der Waals surface area contributed by atoms with Crippen molar-refractivity contribution in [1.29, 1.82) is 0 Å². The number of rotatable bonds is 0. The summed E-state index contributed by atoms with van der Waals surface area (Å²) in [5, 5.41) is 8.85. The van der Waals surface area contributed by atoms with Gasteiger partial charge in [0.1, 0.15) is 5.52 Å². The summed E-state index contributed by atoms with van der Waals surface area (Å²) in [5.41, 5.74) is 2.40. The molecule has 3 rings (SSSR count). The summed E-state index contributed by atoms with van der Waals surface area (Å²) in [6.07, 6.45) is 0. The smallest absolute Gasteiger partial charge is 0.240 e. The highest BCUT2D eigenvalue weighted by molar-refractivity contribution is 7.71. The lowest BCUT2D eigenvalue weighted by atomic mass is 10.2. The van der Waals surface area contributed by atoms with Crippen molar-refractivity contribution in [3.05, 3.63) is 29.0 Å². The van der Waals surface area contributed by atoms with Gasteiger partial charge in [-0.3, -0.25) is 0 Å². The molecular formula is C9H7N5S. The normalized spacial score (nSPS) is 11.2. The molecule has 0 atom stereocenters. The monoisotopic (exact) mass is 217 g/mol. The Morgan fingerprint density at radius 1 is 1.27 bits per heavy atom. The van der Waals surface area contributed by atoms with E-state index in [1.165, 1.54) is 4.68 Å². The largest absolute Gasteiger partial charge is 0.338 e. The Hall–Kier alpha value is -1.95. The molecule has 2 heterocycles. The van der Waals surface area contributed by atoms with Crippen molar-refractivity contribution in [2.45, 2.75) is 0 Å². The van der Waals surface area contributed by atoms with E-state index in [9.17, 15) is 0 Å². The van der Waals surface area contributed by atoms with Crippen LogP contribution in [0.15, 0.2) is 24.3 Å². The van der Waals surface area contributed by atoms with Crippen molar-refractivity contribution in [3.63, 3.8) is 0 Å². The van der Waals surface area contributed by atoms with Crippen LogP contribution in [0.5, 0.6) is 0 Å². The SMILES string of the molecule is Nn1c(=S)nnc2c3ccccc3[nH]c21. The molecule has 0 bridgehead atoms. The third kappa shape index (κ3) is 1.05. The number of aromatic nitrogens is 4. The lowest BCUT2D eigenvalue weighted by molar-refractivity contribution is 0.881. The van der Waals surface area contributed by atoms with E-state index in [4.69, 9.17) is 18.1 Å². The van der Waals surface area contributed by atoms with Gasteiger partial charge in [0.25, 0.3) is 0 Å². The lowest BCUT2D eigenvalue weighted by Crippen LogP contribution is -2.13. The molecule has 1 aromatic carbocycles. The fraction of sp³-hybridized carbons (Fsp3) is 0. The van der Waals surface area contributed by atoms with Gasteiger partial charge in [-0.2, -0.15) is 0 Å². The summed E-state index contributed by atoms with van der Waals surface area (Å²) < 4.78 is 1.59. The number of H-pyrrole nitrogens is 1. The Labute approximate surface area is 89.5 Å². The molecule has 3 N–H and O–H groups in total. The molecule has 3 aromatic rings. The predicted molar refractivity (Wildman–Crippen MR) is 60.4 cm³/mol. The second kappa shape index (κ2) is 2.77. The van der Waals surface area contributed by atoms with Gasteiger partial charge in [-0.25, -0.2) is 4.68 Å². The molecule has 0 amide bonds. The highest BCUT2D eigenvalue weighted by atomic mass is 32.1. The second-order valence-corrected chi connectivity index (χ2v) is 3.59. The van der Waals surface area contributed by atoms with Crippen LogP contribution in [0.3, 0.4) is 0 Å². The third-order valence-corrected chi connectivity index (χ3v) is 2.62. The van der Waals surface area contributed by atoms with E-state index in [0.717, 1.165) is 16.4 Å². The Morgan fingerprint density at radius 2 is 2.07 bits per heavy atom. The number of benzene rings is 1. The van der Waals surface area contributed by atoms with E-state index < -0.39 is 0 Å². The lowest BCUT2D eigenvalue weighted by Gasteiger charge is -1.97. The molecule has 0 aliphatic carbocycles. The Balaban J connectivity index is 2.66. The number of nitrogens with one attached hydrogen (secondary N) is 1. The summed E-state index contributed by atoms with van der Waals surface area (Å²) in [6, 6.07) is 7.81. The van der Waals surface area contributed by atoms with Gasteiger partial charge in [0.05, 0.1) is 0 Å². The molecule has 0 saturated carbocycles. The quantitative estimate of drug-likeness (QED) is 0.440. The van der Waals surface area contributed by atoms with Crippen LogP contribution in [-0.4, -0.2) is 19.9 Å².